The van der Waals surface area contributed by atoms with Crippen LogP contribution in [0.2, 0.25) is 0 Å². The molecule has 5 nitrogen and oxygen atoms in total. The molecule has 0 aliphatic carbocycles. The van der Waals surface area contributed by atoms with Crippen LogP contribution in [-0.4, -0.2) is 35.1 Å². The van der Waals surface area contributed by atoms with Gasteiger partial charge in [-0.2, -0.15) is 0 Å². The molecule has 1 heterocycles. The summed E-state index contributed by atoms with van der Waals surface area (Å²) in [5, 5.41) is 28.6. The fourth-order valence-electron chi connectivity index (χ4n) is 1.58. The molecule has 0 aromatic heterocycles. The average molecular weight is 212 g/mol. The predicted octanol–water partition coefficient (Wildman–Crippen LogP) is 0.187. The molecule has 0 saturated carbocycles. The summed E-state index contributed by atoms with van der Waals surface area (Å²) in [4.78, 5) is 0. The van der Waals surface area contributed by atoms with Gasteiger partial charge in [-0.1, -0.05) is 0 Å². The zero-order valence-electron chi connectivity index (χ0n) is 8.17. The van der Waals surface area contributed by atoms with E-state index in [-0.39, 0.29) is 17.9 Å². The summed E-state index contributed by atoms with van der Waals surface area (Å²) in [5.74, 6) is 0.634. The third kappa shape index (κ3) is 1.60. The molecular weight excluding hydrogens is 200 g/mol. The highest BCUT2D eigenvalue weighted by molar-refractivity contribution is 5.52. The maximum Gasteiger partial charge on any atom is 0.132 e. The van der Waals surface area contributed by atoms with Gasteiger partial charge in [-0.3, -0.25) is 0 Å². The Balaban J connectivity index is 2.50. The number of rotatable bonds is 1. The minimum Gasteiger partial charge on any atom is -0.507 e. The molecule has 1 aliphatic rings. The highest BCUT2D eigenvalue weighted by Crippen LogP contribution is 2.41. The molecule has 0 saturated heterocycles. The second-order valence-corrected chi connectivity index (χ2v) is 3.38. The first-order chi connectivity index (χ1) is 7.13. The van der Waals surface area contributed by atoms with Crippen molar-refractivity contribution in [2.45, 2.75) is 12.2 Å². The van der Waals surface area contributed by atoms with E-state index in [1.54, 1.807) is 6.07 Å². The Bertz CT molecular complexity index is 376. The lowest BCUT2D eigenvalue weighted by Crippen LogP contribution is -2.30. The van der Waals surface area contributed by atoms with E-state index in [0.29, 0.717) is 11.5 Å². The minimum atomic E-state index is -1.13. The van der Waals surface area contributed by atoms with Crippen molar-refractivity contribution in [1.29, 1.82) is 0 Å². The van der Waals surface area contributed by atoms with Crippen molar-refractivity contribution in [2.24, 2.45) is 0 Å². The van der Waals surface area contributed by atoms with E-state index in [1.807, 2.05) is 0 Å². The van der Waals surface area contributed by atoms with Crippen molar-refractivity contribution in [3.05, 3.63) is 17.7 Å². The monoisotopic (exact) mass is 212 g/mol. The summed E-state index contributed by atoms with van der Waals surface area (Å²) < 4.78 is 10.1. The number of hydrogen-bond acceptors (Lipinski definition) is 5. The molecule has 0 amide bonds. The van der Waals surface area contributed by atoms with Gasteiger partial charge in [0.25, 0.3) is 0 Å². The Hall–Kier alpha value is -1.46. The van der Waals surface area contributed by atoms with Gasteiger partial charge in [-0.05, 0) is 0 Å². The van der Waals surface area contributed by atoms with Crippen molar-refractivity contribution in [1.82, 2.24) is 0 Å². The molecule has 2 atom stereocenters. The molecule has 15 heavy (non-hydrogen) atoms. The fourth-order valence-corrected chi connectivity index (χ4v) is 1.58. The summed E-state index contributed by atoms with van der Waals surface area (Å²) >= 11 is 0. The van der Waals surface area contributed by atoms with Gasteiger partial charge in [-0.25, -0.2) is 0 Å². The number of phenolic OH excluding ortho intramolecular Hbond substituents is 1. The molecule has 0 radical (unpaired) electrons. The predicted molar refractivity (Wildman–Crippen MR) is 51.1 cm³/mol. The van der Waals surface area contributed by atoms with Crippen molar-refractivity contribution in [3.63, 3.8) is 0 Å². The molecule has 82 valence electrons. The number of methoxy groups -OCH3 is 1. The highest BCUT2D eigenvalue weighted by Gasteiger charge is 2.31. The van der Waals surface area contributed by atoms with E-state index < -0.39 is 12.2 Å². The zero-order chi connectivity index (χ0) is 11.0. The van der Waals surface area contributed by atoms with Gasteiger partial charge in [0.1, 0.15) is 36.1 Å². The van der Waals surface area contributed by atoms with Crippen LogP contribution in [0.3, 0.4) is 0 Å². The number of ether oxygens (including phenoxy) is 2. The van der Waals surface area contributed by atoms with Crippen LogP contribution in [0, 0.1) is 0 Å². The molecule has 0 fully saturated rings. The lowest BCUT2D eigenvalue weighted by Gasteiger charge is -2.27. The van der Waals surface area contributed by atoms with Gasteiger partial charge < -0.3 is 24.8 Å². The van der Waals surface area contributed by atoms with E-state index in [1.165, 1.54) is 13.2 Å². The van der Waals surface area contributed by atoms with Crippen molar-refractivity contribution >= 4 is 0 Å². The molecule has 2 unspecified atom stereocenters. The van der Waals surface area contributed by atoms with Crippen molar-refractivity contribution < 1.29 is 24.8 Å². The maximum absolute atomic E-state index is 9.64. The third-order valence-electron chi connectivity index (χ3n) is 2.40. The lowest BCUT2D eigenvalue weighted by molar-refractivity contribution is -0.0269. The van der Waals surface area contributed by atoms with E-state index in [4.69, 9.17) is 9.47 Å². The number of hydrogen-bond donors (Lipinski definition) is 3. The largest absolute Gasteiger partial charge is 0.507 e. The summed E-state index contributed by atoms with van der Waals surface area (Å²) in [6.07, 6.45) is -2.14. The summed E-state index contributed by atoms with van der Waals surface area (Å²) in [6, 6.07) is 2.92. The molecule has 1 aromatic rings. The van der Waals surface area contributed by atoms with Crippen LogP contribution in [0.1, 0.15) is 11.7 Å². The van der Waals surface area contributed by atoms with Crippen LogP contribution in [0.4, 0.5) is 0 Å². The van der Waals surface area contributed by atoms with E-state index in [0.717, 1.165) is 0 Å². The minimum absolute atomic E-state index is 0.000768. The van der Waals surface area contributed by atoms with Crippen LogP contribution in [-0.2, 0) is 0 Å². The quantitative estimate of drug-likeness (QED) is 0.619. The standard InChI is InChI=1S/C10H12O5/c1-14-5-2-6(11)9-8(3-5)15-4-7(12)10(9)13/h2-3,7,10-13H,4H2,1H3. The van der Waals surface area contributed by atoms with Crippen LogP contribution < -0.4 is 9.47 Å². The first-order valence-corrected chi connectivity index (χ1v) is 4.53. The number of aromatic hydroxyl groups is 1. The third-order valence-corrected chi connectivity index (χ3v) is 2.40. The Labute approximate surface area is 86.5 Å². The van der Waals surface area contributed by atoms with E-state index in [9.17, 15) is 15.3 Å². The Morgan fingerprint density at radius 3 is 2.80 bits per heavy atom. The van der Waals surface area contributed by atoms with Gasteiger partial charge in [0.15, 0.2) is 0 Å². The second-order valence-electron chi connectivity index (χ2n) is 3.38. The Morgan fingerprint density at radius 2 is 2.13 bits per heavy atom. The first-order valence-electron chi connectivity index (χ1n) is 4.53. The van der Waals surface area contributed by atoms with Gasteiger partial charge in [-0.15, -0.1) is 0 Å². The van der Waals surface area contributed by atoms with Crippen LogP contribution in [0.5, 0.6) is 17.2 Å². The Morgan fingerprint density at radius 1 is 1.40 bits per heavy atom. The molecule has 0 bridgehead atoms. The van der Waals surface area contributed by atoms with Gasteiger partial charge in [0.05, 0.1) is 12.7 Å². The number of phenols is 1. The zero-order valence-corrected chi connectivity index (χ0v) is 8.17. The van der Waals surface area contributed by atoms with E-state index >= 15 is 0 Å². The fraction of sp³-hybridized carbons (Fsp3) is 0.400. The number of aliphatic hydroxyl groups is 2. The molecule has 3 N–H and O–H groups in total. The lowest BCUT2D eigenvalue weighted by atomic mass is 10.00. The molecule has 1 aliphatic heterocycles. The summed E-state index contributed by atoms with van der Waals surface area (Å²) in [6.45, 7) is 0.000768. The van der Waals surface area contributed by atoms with Crippen LogP contribution in [0.15, 0.2) is 12.1 Å². The molecule has 2 rings (SSSR count). The van der Waals surface area contributed by atoms with Gasteiger partial charge in [0, 0.05) is 12.1 Å². The van der Waals surface area contributed by atoms with Gasteiger partial charge in [0.2, 0.25) is 0 Å². The molecule has 5 heteroatoms. The smallest absolute Gasteiger partial charge is 0.132 e. The van der Waals surface area contributed by atoms with Gasteiger partial charge >= 0.3 is 0 Å². The number of fused-ring (bicyclic) bond motifs is 1. The normalized spacial score (nSPS) is 24.2. The molecule has 0 spiro atoms. The van der Waals surface area contributed by atoms with Crippen molar-refractivity contribution in [3.8, 4) is 17.2 Å². The second kappa shape index (κ2) is 3.60. The number of benzene rings is 1. The Kier molecular flexibility index (Phi) is 2.42. The molecule has 1 aromatic carbocycles. The summed E-state index contributed by atoms with van der Waals surface area (Å²) in [5.41, 5.74) is 0.203. The van der Waals surface area contributed by atoms with Crippen LogP contribution >= 0.6 is 0 Å². The first kappa shape index (κ1) is 10.1. The van der Waals surface area contributed by atoms with Crippen molar-refractivity contribution in [2.75, 3.05) is 13.7 Å². The topological polar surface area (TPSA) is 79.2 Å². The molecular formula is C10H12O5. The van der Waals surface area contributed by atoms with E-state index in [2.05, 4.69) is 0 Å². The van der Waals surface area contributed by atoms with Crippen LogP contribution in [0.25, 0.3) is 0 Å². The SMILES string of the molecule is COc1cc(O)c2c(c1)OCC(O)C2O. The highest BCUT2D eigenvalue weighted by atomic mass is 16.5. The summed E-state index contributed by atoms with van der Waals surface area (Å²) in [7, 11) is 1.47. The average Bonchev–Trinajstić information content (AvgIpc) is 2.23. The maximum atomic E-state index is 9.64. The number of aliphatic hydroxyl groups excluding tert-OH is 2.